The molecule has 1 aromatic rings. The zero-order valence-electron chi connectivity index (χ0n) is 9.97. The number of benzene rings is 1. The minimum absolute atomic E-state index is 0.146. The Bertz CT molecular complexity index is 465. The number of amides is 1. The van der Waals surface area contributed by atoms with Gasteiger partial charge in [0.25, 0.3) is 0 Å². The predicted molar refractivity (Wildman–Crippen MR) is 65.3 cm³/mol. The average Bonchev–Trinajstić information content (AvgIpc) is 2.31. The number of nitrogens with zero attached hydrogens (tertiary/aromatic N) is 3. The van der Waals surface area contributed by atoms with Crippen LogP contribution in [-0.2, 0) is 4.79 Å². The van der Waals surface area contributed by atoms with E-state index in [1.807, 2.05) is 0 Å². The van der Waals surface area contributed by atoms with Crippen LogP contribution >= 0.6 is 0 Å². The summed E-state index contributed by atoms with van der Waals surface area (Å²) < 4.78 is 5.04. The number of carbonyl (C=O) groups excluding carboxylic acids is 1. The van der Waals surface area contributed by atoms with Crippen molar-refractivity contribution in [2.75, 3.05) is 12.4 Å². The summed E-state index contributed by atoms with van der Waals surface area (Å²) in [4.78, 5) is 14.3. The number of azide groups is 1. The summed E-state index contributed by atoms with van der Waals surface area (Å²) in [6.45, 7) is 3.56. The van der Waals surface area contributed by atoms with Gasteiger partial charge in [0.2, 0.25) is 5.91 Å². The zero-order valence-corrected chi connectivity index (χ0v) is 9.97. The quantitative estimate of drug-likeness (QED) is 0.492. The molecule has 90 valence electrons. The molecule has 1 amide bonds. The molecule has 1 aromatic carbocycles. The molecular formula is C11H14N4O2. The molecule has 1 N–H and O–H groups in total. The first kappa shape index (κ1) is 12.9. The molecule has 0 aliphatic rings. The Hall–Kier alpha value is -2.20. The van der Waals surface area contributed by atoms with E-state index in [4.69, 9.17) is 10.3 Å². The standard InChI is InChI=1S/C11H14N4O2/c1-7(2)11(16)13-10-6-8(17-3)4-5-9(10)14-15-12/h4-7H,1-3H3,(H,13,16). The van der Waals surface area contributed by atoms with Crippen LogP contribution in [0.3, 0.4) is 0 Å². The molecule has 0 aliphatic heterocycles. The van der Waals surface area contributed by atoms with Crippen molar-refractivity contribution in [2.24, 2.45) is 11.0 Å². The molecule has 6 nitrogen and oxygen atoms in total. The molecule has 0 fully saturated rings. The topological polar surface area (TPSA) is 87.1 Å². The summed E-state index contributed by atoms with van der Waals surface area (Å²) in [5, 5.41) is 6.19. The van der Waals surface area contributed by atoms with Crippen LogP contribution in [0.15, 0.2) is 23.3 Å². The van der Waals surface area contributed by atoms with Gasteiger partial charge in [0.05, 0.1) is 18.5 Å². The second kappa shape index (κ2) is 5.77. The van der Waals surface area contributed by atoms with Gasteiger partial charge in [0.1, 0.15) is 5.75 Å². The minimum atomic E-state index is -0.153. The maximum absolute atomic E-state index is 11.6. The Morgan fingerprint density at radius 1 is 1.53 bits per heavy atom. The van der Waals surface area contributed by atoms with Gasteiger partial charge in [-0.1, -0.05) is 19.0 Å². The highest BCUT2D eigenvalue weighted by Gasteiger charge is 2.10. The lowest BCUT2D eigenvalue weighted by molar-refractivity contribution is -0.118. The van der Waals surface area contributed by atoms with Crippen molar-refractivity contribution >= 4 is 17.3 Å². The van der Waals surface area contributed by atoms with Gasteiger partial charge in [-0.15, -0.1) is 0 Å². The third kappa shape index (κ3) is 3.39. The minimum Gasteiger partial charge on any atom is -0.497 e. The number of hydrogen-bond donors (Lipinski definition) is 1. The third-order valence-electron chi connectivity index (χ3n) is 2.14. The van der Waals surface area contributed by atoms with Crippen molar-refractivity contribution in [2.45, 2.75) is 13.8 Å². The van der Waals surface area contributed by atoms with Crippen molar-refractivity contribution in [1.29, 1.82) is 0 Å². The molecule has 0 bridgehead atoms. The SMILES string of the molecule is COc1ccc(N=[N+]=[N-])c(NC(=O)C(C)C)c1. The van der Waals surface area contributed by atoms with Crippen LogP contribution < -0.4 is 10.1 Å². The molecular weight excluding hydrogens is 220 g/mol. The molecule has 0 aromatic heterocycles. The monoisotopic (exact) mass is 234 g/mol. The van der Waals surface area contributed by atoms with E-state index < -0.39 is 0 Å². The second-order valence-corrected chi connectivity index (χ2v) is 3.72. The first-order valence-corrected chi connectivity index (χ1v) is 5.12. The molecule has 0 heterocycles. The molecule has 1 rings (SSSR count). The van der Waals surface area contributed by atoms with Gasteiger partial charge < -0.3 is 10.1 Å². The fourth-order valence-corrected chi connectivity index (χ4v) is 1.15. The fraction of sp³-hybridized carbons (Fsp3) is 0.364. The Kier molecular flexibility index (Phi) is 4.37. The van der Waals surface area contributed by atoms with E-state index in [9.17, 15) is 4.79 Å². The molecule has 0 atom stereocenters. The molecule has 17 heavy (non-hydrogen) atoms. The summed E-state index contributed by atoms with van der Waals surface area (Å²) >= 11 is 0. The van der Waals surface area contributed by atoms with Crippen LogP contribution in [-0.4, -0.2) is 13.0 Å². The molecule has 0 aliphatic carbocycles. The van der Waals surface area contributed by atoms with Crippen LogP contribution in [0.2, 0.25) is 0 Å². The smallest absolute Gasteiger partial charge is 0.226 e. The summed E-state index contributed by atoms with van der Waals surface area (Å²) in [5.41, 5.74) is 9.24. The Balaban J connectivity index is 3.08. The van der Waals surface area contributed by atoms with E-state index in [0.29, 0.717) is 17.1 Å². The van der Waals surface area contributed by atoms with Crippen molar-refractivity contribution in [3.63, 3.8) is 0 Å². The van der Waals surface area contributed by atoms with Crippen LogP contribution in [0, 0.1) is 5.92 Å². The lowest BCUT2D eigenvalue weighted by atomic mass is 10.2. The van der Waals surface area contributed by atoms with E-state index in [2.05, 4.69) is 15.3 Å². The number of methoxy groups -OCH3 is 1. The van der Waals surface area contributed by atoms with Crippen molar-refractivity contribution in [3.8, 4) is 5.75 Å². The van der Waals surface area contributed by atoms with E-state index in [-0.39, 0.29) is 11.8 Å². The third-order valence-corrected chi connectivity index (χ3v) is 2.14. The zero-order chi connectivity index (χ0) is 12.8. The van der Waals surface area contributed by atoms with Gasteiger partial charge in [-0.25, -0.2) is 0 Å². The van der Waals surface area contributed by atoms with Gasteiger partial charge in [0, 0.05) is 16.9 Å². The number of ether oxygens (including phenoxy) is 1. The van der Waals surface area contributed by atoms with Crippen molar-refractivity contribution < 1.29 is 9.53 Å². The van der Waals surface area contributed by atoms with Crippen LogP contribution in [0.1, 0.15) is 13.8 Å². The molecule has 0 saturated heterocycles. The Morgan fingerprint density at radius 2 is 2.24 bits per heavy atom. The van der Waals surface area contributed by atoms with E-state index in [1.54, 1.807) is 32.0 Å². The summed E-state index contributed by atoms with van der Waals surface area (Å²) in [6.07, 6.45) is 0. The molecule has 0 radical (unpaired) electrons. The first-order chi connectivity index (χ1) is 8.08. The van der Waals surface area contributed by atoms with Crippen molar-refractivity contribution in [1.82, 2.24) is 0 Å². The van der Waals surface area contributed by atoms with Gasteiger partial charge in [-0.3, -0.25) is 4.79 Å². The maximum atomic E-state index is 11.6. The van der Waals surface area contributed by atoms with Crippen LogP contribution in [0.25, 0.3) is 10.4 Å². The number of hydrogen-bond acceptors (Lipinski definition) is 3. The molecule has 0 unspecified atom stereocenters. The Morgan fingerprint density at radius 3 is 2.76 bits per heavy atom. The lowest BCUT2D eigenvalue weighted by Gasteiger charge is -2.11. The molecule has 0 saturated carbocycles. The first-order valence-electron chi connectivity index (χ1n) is 5.12. The summed E-state index contributed by atoms with van der Waals surface area (Å²) in [7, 11) is 1.52. The highest BCUT2D eigenvalue weighted by atomic mass is 16.5. The fourth-order valence-electron chi connectivity index (χ4n) is 1.15. The average molecular weight is 234 g/mol. The molecule has 6 heteroatoms. The number of anilines is 1. The normalized spacial score (nSPS) is 9.65. The van der Waals surface area contributed by atoms with Gasteiger partial charge in [-0.2, -0.15) is 0 Å². The van der Waals surface area contributed by atoms with E-state index >= 15 is 0 Å². The van der Waals surface area contributed by atoms with Crippen LogP contribution in [0.5, 0.6) is 5.75 Å². The van der Waals surface area contributed by atoms with E-state index in [0.717, 1.165) is 0 Å². The Labute approximate surface area is 99.2 Å². The largest absolute Gasteiger partial charge is 0.497 e. The maximum Gasteiger partial charge on any atom is 0.226 e. The van der Waals surface area contributed by atoms with Gasteiger partial charge in [0.15, 0.2) is 0 Å². The van der Waals surface area contributed by atoms with Crippen LogP contribution in [0.4, 0.5) is 11.4 Å². The highest BCUT2D eigenvalue weighted by molar-refractivity contribution is 5.95. The summed E-state index contributed by atoms with van der Waals surface area (Å²) in [6, 6.07) is 4.87. The summed E-state index contributed by atoms with van der Waals surface area (Å²) in [5.74, 6) is 0.286. The number of carbonyl (C=O) groups is 1. The predicted octanol–water partition coefficient (Wildman–Crippen LogP) is 3.23. The second-order valence-electron chi connectivity index (χ2n) is 3.72. The number of nitrogens with one attached hydrogen (secondary N) is 1. The lowest BCUT2D eigenvalue weighted by Crippen LogP contribution is -2.17. The van der Waals surface area contributed by atoms with Gasteiger partial charge in [-0.05, 0) is 17.7 Å². The number of rotatable bonds is 4. The van der Waals surface area contributed by atoms with Crippen molar-refractivity contribution in [3.05, 3.63) is 28.6 Å². The van der Waals surface area contributed by atoms with E-state index in [1.165, 1.54) is 7.11 Å². The van der Waals surface area contributed by atoms with Gasteiger partial charge >= 0.3 is 0 Å². The molecule has 0 spiro atoms. The highest BCUT2D eigenvalue weighted by Crippen LogP contribution is 2.29.